The van der Waals surface area contributed by atoms with E-state index < -0.39 is 0 Å². The van der Waals surface area contributed by atoms with Gasteiger partial charge in [0, 0.05) is 19.1 Å². The van der Waals surface area contributed by atoms with E-state index in [1.807, 2.05) is 25.7 Å². The number of carbonyl (C=O) groups excluding carboxylic acids is 1. The molecule has 1 aliphatic heterocycles. The minimum atomic E-state index is -0.230. The third-order valence-electron chi connectivity index (χ3n) is 3.04. The van der Waals surface area contributed by atoms with Crippen molar-refractivity contribution in [1.29, 1.82) is 0 Å². The first-order valence-corrected chi connectivity index (χ1v) is 5.61. The molecule has 1 saturated heterocycles. The van der Waals surface area contributed by atoms with Gasteiger partial charge in [-0.1, -0.05) is 0 Å². The Morgan fingerprint density at radius 1 is 1.53 bits per heavy atom. The van der Waals surface area contributed by atoms with E-state index in [2.05, 4.69) is 0 Å². The van der Waals surface area contributed by atoms with Crippen LogP contribution in [-0.2, 0) is 9.53 Å². The topological polar surface area (TPSA) is 55.6 Å². The zero-order chi connectivity index (χ0) is 11.2. The average molecular weight is 212 g/mol. The molecular formula is C11H20N2O2. The lowest BCUT2D eigenvalue weighted by molar-refractivity contribution is -0.159. The van der Waals surface area contributed by atoms with Crippen molar-refractivity contribution in [1.82, 2.24) is 4.90 Å². The summed E-state index contributed by atoms with van der Waals surface area (Å²) in [4.78, 5) is 13.9. The van der Waals surface area contributed by atoms with Crippen LogP contribution in [0.2, 0.25) is 0 Å². The van der Waals surface area contributed by atoms with E-state index >= 15 is 0 Å². The van der Waals surface area contributed by atoms with Crippen LogP contribution < -0.4 is 5.73 Å². The lowest BCUT2D eigenvalue weighted by atomic mass is 10.1. The van der Waals surface area contributed by atoms with Gasteiger partial charge < -0.3 is 15.4 Å². The van der Waals surface area contributed by atoms with Crippen LogP contribution in [0.1, 0.15) is 27.2 Å². The van der Waals surface area contributed by atoms with E-state index in [-0.39, 0.29) is 29.6 Å². The number of carbonyl (C=O) groups is 1. The van der Waals surface area contributed by atoms with Crippen LogP contribution in [0.15, 0.2) is 0 Å². The average Bonchev–Trinajstić information content (AvgIpc) is 2.77. The summed E-state index contributed by atoms with van der Waals surface area (Å²) in [5, 5.41) is 0. The van der Waals surface area contributed by atoms with Gasteiger partial charge in [-0.15, -0.1) is 0 Å². The fraction of sp³-hybridized carbons (Fsp3) is 0.909. The maximum atomic E-state index is 12.0. The summed E-state index contributed by atoms with van der Waals surface area (Å²) in [6, 6.07) is 0.0961. The summed E-state index contributed by atoms with van der Waals surface area (Å²) < 4.78 is 5.76. The quantitative estimate of drug-likeness (QED) is 0.683. The van der Waals surface area contributed by atoms with Crippen molar-refractivity contribution in [3.05, 3.63) is 0 Å². The Morgan fingerprint density at radius 2 is 2.13 bits per heavy atom. The molecule has 0 spiro atoms. The first-order chi connectivity index (χ1) is 6.89. The van der Waals surface area contributed by atoms with Gasteiger partial charge in [-0.2, -0.15) is 0 Å². The fourth-order valence-electron chi connectivity index (χ4n) is 2.35. The summed E-state index contributed by atoms with van der Waals surface area (Å²) >= 11 is 0. The number of rotatable bonds is 1. The molecule has 86 valence electrons. The second-order valence-electron chi connectivity index (χ2n) is 5.41. The molecule has 3 atom stereocenters. The van der Waals surface area contributed by atoms with Gasteiger partial charge in [-0.05, 0) is 27.2 Å². The molecule has 2 N–H and O–H groups in total. The van der Waals surface area contributed by atoms with Crippen LogP contribution in [0.25, 0.3) is 0 Å². The zero-order valence-electron chi connectivity index (χ0n) is 9.69. The predicted octanol–water partition coefficient (Wildman–Crippen LogP) is 0.359. The molecule has 15 heavy (non-hydrogen) atoms. The molecule has 2 aliphatic rings. The molecule has 2 rings (SSSR count). The number of amides is 1. The van der Waals surface area contributed by atoms with E-state index in [1.165, 1.54) is 0 Å². The Morgan fingerprint density at radius 3 is 2.60 bits per heavy atom. The highest BCUT2D eigenvalue weighted by atomic mass is 16.5. The summed E-state index contributed by atoms with van der Waals surface area (Å²) in [6.07, 6.45) is 0.970. The molecular weight excluding hydrogens is 192 g/mol. The number of hydrogen-bond donors (Lipinski definition) is 1. The highest BCUT2D eigenvalue weighted by Gasteiger charge is 2.45. The molecule has 4 nitrogen and oxygen atoms in total. The van der Waals surface area contributed by atoms with Crippen molar-refractivity contribution in [2.24, 2.45) is 11.7 Å². The third kappa shape index (κ3) is 2.32. The molecule has 4 heteroatoms. The normalized spacial score (nSPS) is 38.9. The Balaban J connectivity index is 2.00. The molecule has 0 radical (unpaired) electrons. The molecule has 0 aromatic carbocycles. The maximum absolute atomic E-state index is 12.0. The van der Waals surface area contributed by atoms with Crippen LogP contribution in [0, 0.1) is 5.92 Å². The molecule has 0 bridgehead atoms. The molecule has 1 amide bonds. The van der Waals surface area contributed by atoms with Crippen molar-refractivity contribution in [3.8, 4) is 0 Å². The fourth-order valence-corrected chi connectivity index (χ4v) is 2.35. The van der Waals surface area contributed by atoms with Crippen LogP contribution in [0.4, 0.5) is 0 Å². The van der Waals surface area contributed by atoms with Gasteiger partial charge in [0.05, 0.1) is 17.6 Å². The number of nitrogens with two attached hydrogens (primary N) is 1. The lowest BCUT2D eigenvalue weighted by Gasteiger charge is -2.41. The largest absolute Gasteiger partial charge is 0.369 e. The smallest absolute Gasteiger partial charge is 0.227 e. The summed E-state index contributed by atoms with van der Waals surface area (Å²) in [6.45, 7) is 7.43. The second kappa shape index (κ2) is 3.46. The zero-order valence-corrected chi connectivity index (χ0v) is 9.69. The number of ether oxygens (including phenoxy) is 1. The minimum Gasteiger partial charge on any atom is -0.369 e. The Kier molecular flexibility index (Phi) is 2.51. The van der Waals surface area contributed by atoms with Crippen molar-refractivity contribution < 1.29 is 9.53 Å². The second-order valence-corrected chi connectivity index (χ2v) is 5.41. The van der Waals surface area contributed by atoms with Gasteiger partial charge in [0.15, 0.2) is 0 Å². The first kappa shape index (κ1) is 10.9. The highest BCUT2D eigenvalue weighted by Crippen LogP contribution is 2.32. The van der Waals surface area contributed by atoms with Crippen LogP contribution >= 0.6 is 0 Å². The van der Waals surface area contributed by atoms with Crippen molar-refractivity contribution >= 4 is 5.91 Å². The molecule has 0 aromatic rings. The third-order valence-corrected chi connectivity index (χ3v) is 3.04. The van der Waals surface area contributed by atoms with Crippen molar-refractivity contribution in [2.45, 2.75) is 44.9 Å². The number of nitrogens with zero attached hydrogens (tertiary/aromatic N) is 1. The van der Waals surface area contributed by atoms with Crippen molar-refractivity contribution in [3.63, 3.8) is 0 Å². The van der Waals surface area contributed by atoms with Gasteiger partial charge in [-0.3, -0.25) is 4.79 Å². The molecule has 1 aliphatic carbocycles. The summed E-state index contributed by atoms with van der Waals surface area (Å²) in [5.74, 6) is 0.289. The van der Waals surface area contributed by atoms with E-state index in [4.69, 9.17) is 10.5 Å². The predicted molar refractivity (Wildman–Crippen MR) is 57.3 cm³/mol. The maximum Gasteiger partial charge on any atom is 0.227 e. The van der Waals surface area contributed by atoms with Crippen LogP contribution in [0.5, 0.6) is 0 Å². The first-order valence-electron chi connectivity index (χ1n) is 5.61. The molecule has 0 aromatic heterocycles. The van der Waals surface area contributed by atoms with E-state index in [9.17, 15) is 4.79 Å². The van der Waals surface area contributed by atoms with Gasteiger partial charge >= 0.3 is 0 Å². The van der Waals surface area contributed by atoms with Crippen LogP contribution in [0.3, 0.4) is 0 Å². The summed E-state index contributed by atoms with van der Waals surface area (Å²) in [5.41, 5.74) is 5.47. The molecule has 1 saturated carbocycles. The minimum absolute atomic E-state index is 0.0751. The lowest BCUT2D eigenvalue weighted by Crippen LogP contribution is -2.54. The SMILES string of the molecule is CC1CN(C(=O)C2CC2N)CC(C)(C)O1. The van der Waals surface area contributed by atoms with Gasteiger partial charge in [-0.25, -0.2) is 0 Å². The Hall–Kier alpha value is -0.610. The van der Waals surface area contributed by atoms with E-state index in [0.717, 1.165) is 6.42 Å². The van der Waals surface area contributed by atoms with E-state index in [0.29, 0.717) is 13.1 Å². The van der Waals surface area contributed by atoms with Gasteiger partial charge in [0.1, 0.15) is 0 Å². The summed E-state index contributed by atoms with van der Waals surface area (Å²) in [7, 11) is 0. The van der Waals surface area contributed by atoms with E-state index in [1.54, 1.807) is 0 Å². The van der Waals surface area contributed by atoms with Crippen LogP contribution in [-0.4, -0.2) is 41.6 Å². The van der Waals surface area contributed by atoms with Gasteiger partial charge in [0.2, 0.25) is 5.91 Å². The number of hydrogen-bond acceptors (Lipinski definition) is 3. The Bertz CT molecular complexity index is 278. The molecule has 1 heterocycles. The van der Waals surface area contributed by atoms with Crippen molar-refractivity contribution in [2.75, 3.05) is 13.1 Å². The molecule has 3 unspecified atom stereocenters. The monoisotopic (exact) mass is 212 g/mol. The number of morpholine rings is 1. The molecule has 2 fully saturated rings. The Labute approximate surface area is 90.8 Å². The highest BCUT2D eigenvalue weighted by molar-refractivity contribution is 5.82. The standard InChI is InChI=1S/C11H20N2O2/c1-7-5-13(6-11(2,3)15-7)10(14)8-4-9(8)12/h7-9H,4-6,12H2,1-3H3. The van der Waals surface area contributed by atoms with Gasteiger partial charge in [0.25, 0.3) is 0 Å².